The van der Waals surface area contributed by atoms with Crippen LogP contribution >= 0.6 is 15.9 Å². The quantitative estimate of drug-likeness (QED) is 0.654. The third-order valence-corrected chi connectivity index (χ3v) is 3.10. The van der Waals surface area contributed by atoms with Crippen LogP contribution in [0.2, 0.25) is 0 Å². The van der Waals surface area contributed by atoms with Crippen molar-refractivity contribution >= 4 is 27.5 Å². The molecule has 0 saturated heterocycles. The Bertz CT molecular complexity index is 528. The number of carbonyl (C=O) groups excluding carboxylic acids is 1. The van der Waals surface area contributed by atoms with E-state index in [1.807, 2.05) is 24.3 Å². The lowest BCUT2D eigenvalue weighted by atomic mass is 10.2. The maximum atomic E-state index is 11.7. The molecule has 1 N–H and O–H groups in total. The van der Waals surface area contributed by atoms with E-state index in [-0.39, 0.29) is 5.91 Å². The van der Waals surface area contributed by atoms with E-state index in [1.54, 1.807) is 0 Å². The van der Waals surface area contributed by atoms with Crippen LogP contribution in [-0.4, -0.2) is 21.4 Å². The first-order valence-corrected chi connectivity index (χ1v) is 7.14. The fourth-order valence-electron chi connectivity index (χ4n) is 1.63. The van der Waals surface area contributed by atoms with Gasteiger partial charge < -0.3 is 9.73 Å². The maximum Gasteiger partial charge on any atom is 0.247 e. The topological polar surface area (TPSA) is 68.0 Å². The average Bonchev–Trinajstić information content (AvgIpc) is 2.93. The molecule has 0 aliphatic carbocycles. The Morgan fingerprint density at radius 1 is 1.37 bits per heavy atom. The molecule has 0 bridgehead atoms. The van der Waals surface area contributed by atoms with Crippen molar-refractivity contribution in [3.63, 3.8) is 0 Å². The molecule has 5 nitrogen and oxygen atoms in total. The molecule has 0 spiro atoms. The standard InChI is InChI=1S/C13H14BrN3O2/c14-7-2-1-6-12(18)16-11-5-3-4-10(8-11)13-17-15-9-19-13/h3-5,8-9H,1-2,6-7H2,(H,16,18). The van der Waals surface area contributed by atoms with Gasteiger partial charge in [0, 0.05) is 23.0 Å². The molecule has 1 aromatic carbocycles. The van der Waals surface area contributed by atoms with Crippen LogP contribution in [0, 0.1) is 0 Å². The number of alkyl halides is 1. The van der Waals surface area contributed by atoms with E-state index in [0.717, 1.165) is 29.4 Å². The number of amides is 1. The van der Waals surface area contributed by atoms with E-state index in [2.05, 4.69) is 31.4 Å². The zero-order chi connectivity index (χ0) is 13.5. The second kappa shape index (κ2) is 7.04. The lowest BCUT2D eigenvalue weighted by molar-refractivity contribution is -0.116. The van der Waals surface area contributed by atoms with Crippen molar-refractivity contribution in [3.8, 4) is 11.5 Å². The number of aromatic nitrogens is 2. The van der Waals surface area contributed by atoms with E-state index in [1.165, 1.54) is 6.39 Å². The number of hydrogen-bond acceptors (Lipinski definition) is 4. The van der Waals surface area contributed by atoms with Gasteiger partial charge in [-0.2, -0.15) is 0 Å². The van der Waals surface area contributed by atoms with Gasteiger partial charge in [0.1, 0.15) is 0 Å². The smallest absolute Gasteiger partial charge is 0.247 e. The van der Waals surface area contributed by atoms with Crippen molar-refractivity contribution in [2.45, 2.75) is 19.3 Å². The first-order valence-electron chi connectivity index (χ1n) is 6.02. The van der Waals surface area contributed by atoms with Gasteiger partial charge in [0.2, 0.25) is 18.2 Å². The van der Waals surface area contributed by atoms with Crippen LogP contribution in [0.15, 0.2) is 35.1 Å². The minimum atomic E-state index is 0.0172. The van der Waals surface area contributed by atoms with E-state index >= 15 is 0 Å². The molecule has 0 aliphatic rings. The summed E-state index contributed by atoms with van der Waals surface area (Å²) in [5, 5.41) is 11.2. The van der Waals surface area contributed by atoms with Gasteiger partial charge in [0.15, 0.2) is 0 Å². The Labute approximate surface area is 119 Å². The largest absolute Gasteiger partial charge is 0.423 e. The fraction of sp³-hybridized carbons (Fsp3) is 0.308. The molecule has 0 atom stereocenters. The molecule has 0 radical (unpaired) electrons. The highest BCUT2D eigenvalue weighted by molar-refractivity contribution is 9.09. The third-order valence-electron chi connectivity index (χ3n) is 2.54. The number of unbranched alkanes of at least 4 members (excludes halogenated alkanes) is 1. The minimum absolute atomic E-state index is 0.0172. The summed E-state index contributed by atoms with van der Waals surface area (Å²) in [4.78, 5) is 11.7. The molecule has 0 unspecified atom stereocenters. The van der Waals surface area contributed by atoms with Gasteiger partial charge in [0.25, 0.3) is 0 Å². The van der Waals surface area contributed by atoms with Gasteiger partial charge in [0.05, 0.1) is 0 Å². The summed E-state index contributed by atoms with van der Waals surface area (Å²) >= 11 is 3.34. The highest BCUT2D eigenvalue weighted by Crippen LogP contribution is 2.20. The molecule has 2 aromatic rings. The first-order chi connectivity index (χ1) is 9.29. The molecule has 2 rings (SSSR count). The molecule has 0 fully saturated rings. The van der Waals surface area contributed by atoms with E-state index in [9.17, 15) is 4.79 Å². The van der Waals surface area contributed by atoms with Crippen LogP contribution in [-0.2, 0) is 4.79 Å². The Kier molecular flexibility index (Phi) is 5.09. The number of nitrogens with zero attached hydrogens (tertiary/aromatic N) is 2. The molecule has 0 saturated carbocycles. The van der Waals surface area contributed by atoms with Gasteiger partial charge in [-0.15, -0.1) is 10.2 Å². The molecule has 1 amide bonds. The van der Waals surface area contributed by atoms with Gasteiger partial charge in [-0.25, -0.2) is 0 Å². The van der Waals surface area contributed by atoms with Gasteiger partial charge >= 0.3 is 0 Å². The van der Waals surface area contributed by atoms with Crippen molar-refractivity contribution in [3.05, 3.63) is 30.7 Å². The van der Waals surface area contributed by atoms with E-state index < -0.39 is 0 Å². The number of rotatable bonds is 6. The average molecular weight is 324 g/mol. The lowest BCUT2D eigenvalue weighted by Gasteiger charge is -2.05. The molecule has 100 valence electrons. The first kappa shape index (κ1) is 13.7. The second-order valence-electron chi connectivity index (χ2n) is 4.02. The second-order valence-corrected chi connectivity index (χ2v) is 4.81. The Hall–Kier alpha value is -1.69. The van der Waals surface area contributed by atoms with E-state index in [0.29, 0.717) is 12.3 Å². The Balaban J connectivity index is 1.97. The predicted octanol–water partition coefficient (Wildman–Crippen LogP) is 3.24. The number of anilines is 1. The Morgan fingerprint density at radius 2 is 2.26 bits per heavy atom. The number of hydrogen-bond donors (Lipinski definition) is 1. The highest BCUT2D eigenvalue weighted by atomic mass is 79.9. The van der Waals surface area contributed by atoms with Crippen molar-refractivity contribution in [2.75, 3.05) is 10.6 Å². The zero-order valence-corrected chi connectivity index (χ0v) is 11.9. The van der Waals surface area contributed by atoms with Crippen LogP contribution in [0.3, 0.4) is 0 Å². The molecule has 6 heteroatoms. The van der Waals surface area contributed by atoms with Crippen molar-refractivity contribution in [1.29, 1.82) is 0 Å². The summed E-state index contributed by atoms with van der Waals surface area (Å²) < 4.78 is 5.12. The lowest BCUT2D eigenvalue weighted by Crippen LogP contribution is -2.11. The zero-order valence-electron chi connectivity index (χ0n) is 10.3. The molecule has 1 aromatic heterocycles. The number of benzene rings is 1. The van der Waals surface area contributed by atoms with Crippen LogP contribution in [0.25, 0.3) is 11.5 Å². The van der Waals surface area contributed by atoms with Gasteiger partial charge in [-0.3, -0.25) is 4.79 Å². The third kappa shape index (κ3) is 4.17. The van der Waals surface area contributed by atoms with Crippen LogP contribution in [0.5, 0.6) is 0 Å². The van der Waals surface area contributed by atoms with Gasteiger partial charge in [-0.1, -0.05) is 22.0 Å². The highest BCUT2D eigenvalue weighted by Gasteiger charge is 2.06. The summed E-state index contributed by atoms with van der Waals surface area (Å²) in [6, 6.07) is 7.35. The summed E-state index contributed by atoms with van der Waals surface area (Å²) in [7, 11) is 0. The van der Waals surface area contributed by atoms with Crippen molar-refractivity contribution < 1.29 is 9.21 Å². The summed E-state index contributed by atoms with van der Waals surface area (Å²) in [6.45, 7) is 0. The van der Waals surface area contributed by atoms with Crippen LogP contribution in [0.1, 0.15) is 19.3 Å². The SMILES string of the molecule is O=C(CCCCBr)Nc1cccc(-c2nnco2)c1. The molecule has 1 heterocycles. The van der Waals surface area contributed by atoms with Crippen molar-refractivity contribution in [1.82, 2.24) is 10.2 Å². The molecule has 0 aliphatic heterocycles. The predicted molar refractivity (Wildman–Crippen MR) is 76.0 cm³/mol. The normalized spacial score (nSPS) is 10.4. The van der Waals surface area contributed by atoms with E-state index in [4.69, 9.17) is 4.42 Å². The molecular weight excluding hydrogens is 310 g/mol. The molecule has 19 heavy (non-hydrogen) atoms. The van der Waals surface area contributed by atoms with Gasteiger partial charge in [-0.05, 0) is 31.0 Å². The van der Waals surface area contributed by atoms with Crippen LogP contribution in [0.4, 0.5) is 5.69 Å². The van der Waals surface area contributed by atoms with Crippen molar-refractivity contribution in [2.24, 2.45) is 0 Å². The minimum Gasteiger partial charge on any atom is -0.423 e. The number of halogens is 1. The molecular formula is C13H14BrN3O2. The maximum absolute atomic E-state index is 11.7. The van der Waals surface area contributed by atoms with Crippen LogP contribution < -0.4 is 5.32 Å². The summed E-state index contributed by atoms with van der Waals surface area (Å²) in [5.74, 6) is 0.457. The number of nitrogens with one attached hydrogen (secondary N) is 1. The summed E-state index contributed by atoms with van der Waals surface area (Å²) in [5.41, 5.74) is 1.52. The Morgan fingerprint density at radius 3 is 3.00 bits per heavy atom. The number of carbonyl (C=O) groups is 1. The monoisotopic (exact) mass is 323 g/mol. The summed E-state index contributed by atoms with van der Waals surface area (Å²) in [6.07, 6.45) is 3.67. The fourth-order valence-corrected chi connectivity index (χ4v) is 2.03.